The molecule has 0 aliphatic carbocycles. The van der Waals surface area contributed by atoms with Gasteiger partial charge in [0.1, 0.15) is 0 Å². The monoisotopic (exact) mass is 488 g/mol. The number of rotatable bonds is 6. The van der Waals surface area contributed by atoms with Crippen LogP contribution in [-0.4, -0.2) is 33.3 Å². The van der Waals surface area contributed by atoms with E-state index < -0.39 is 0 Å². The molecule has 0 aliphatic heterocycles. The molecule has 0 N–H and O–H groups in total. The topological polar surface area (TPSA) is 36.0 Å². The zero-order chi connectivity index (χ0) is 19.0. The van der Waals surface area contributed by atoms with E-state index in [1.165, 1.54) is 11.4 Å². The molecule has 152 valence electrons. The Kier molecular flexibility index (Phi) is 16.9. The zero-order valence-corrected chi connectivity index (χ0v) is 20.9. The van der Waals surface area contributed by atoms with Crippen LogP contribution in [0, 0.1) is 6.65 Å². The fraction of sp³-hybridized carbons (Fsp3) is 0.700. The summed E-state index contributed by atoms with van der Waals surface area (Å²) in [5, 5.41) is 0.703. The largest absolute Gasteiger partial charge is 2.00 e. The van der Waals surface area contributed by atoms with Crippen LogP contribution in [0.3, 0.4) is 0 Å². The van der Waals surface area contributed by atoms with Crippen LogP contribution in [0.4, 0.5) is 0 Å². The zero-order valence-electron chi connectivity index (χ0n) is 18.5. The van der Waals surface area contributed by atoms with E-state index >= 15 is 0 Å². The van der Waals surface area contributed by atoms with Crippen molar-refractivity contribution in [1.82, 2.24) is 9.88 Å². The Hall–Kier alpha value is 0.193. The maximum Gasteiger partial charge on any atom is 2.00 e. The molecule has 3 nitrogen and oxygen atoms in total. The number of nitrogens with zero attached hydrogens (tertiary/aromatic N) is 2. The van der Waals surface area contributed by atoms with Crippen molar-refractivity contribution in [2.75, 3.05) is 13.1 Å². The maximum absolute atomic E-state index is 7.50. The molecule has 0 bridgehead atoms. The predicted molar refractivity (Wildman–Crippen MR) is 106 cm³/mol. The van der Waals surface area contributed by atoms with E-state index in [1.807, 2.05) is 0 Å². The van der Waals surface area contributed by atoms with Gasteiger partial charge in [-0.3, -0.25) is 9.88 Å². The third-order valence-electron chi connectivity index (χ3n) is 4.08. The summed E-state index contributed by atoms with van der Waals surface area (Å²) in [6.07, 6.45) is 1.12. The van der Waals surface area contributed by atoms with Gasteiger partial charge in [-0.15, -0.1) is 0 Å². The molecule has 0 saturated carbocycles. The summed E-state index contributed by atoms with van der Waals surface area (Å²) in [6, 6.07) is 6.55. The Bertz CT molecular complexity index is 501. The molecule has 1 heterocycles. The van der Waals surface area contributed by atoms with Gasteiger partial charge in [-0.2, -0.15) is 0 Å². The van der Waals surface area contributed by atoms with Crippen molar-refractivity contribution in [1.29, 1.82) is 0 Å². The second kappa shape index (κ2) is 14.2. The molecule has 0 atom stereocenters. The van der Waals surface area contributed by atoms with Crippen molar-refractivity contribution < 1.29 is 38.0 Å². The molecule has 1 aromatic heterocycles. The van der Waals surface area contributed by atoms with Crippen molar-refractivity contribution in [2.24, 2.45) is 0 Å². The standard InChI is InChI=1S/C19H35N2P.CO.ClH.Ru.H/c1-9-21(10-2)14-16-12-11-13-17(20-16)15-22(18(3,4)5)19(6,7)8;1-2;;;/h11-13H,9-10,14-15H2,1-8H3;;1H;;/q;;;+2;-1/p-1. The average Bonchev–Trinajstić information content (AvgIpc) is 2.50. The molecule has 1 aromatic rings. The second-order valence-corrected chi connectivity index (χ2v) is 11.9. The quantitative estimate of drug-likeness (QED) is 0.268. The van der Waals surface area contributed by atoms with E-state index in [2.05, 4.69) is 85.1 Å². The number of hydrogen-bond donors (Lipinski definition) is 0. The summed E-state index contributed by atoms with van der Waals surface area (Å²) in [6.45, 7) is 26.3. The Morgan fingerprint density at radius 3 is 1.81 bits per heavy atom. The van der Waals surface area contributed by atoms with E-state index in [-0.39, 0.29) is 41.2 Å². The molecule has 0 saturated heterocycles. The second-order valence-electron chi connectivity index (χ2n) is 8.01. The minimum absolute atomic E-state index is 0. The van der Waals surface area contributed by atoms with Gasteiger partial charge in [-0.05, 0) is 35.5 Å². The first-order valence-electron chi connectivity index (χ1n) is 8.73. The van der Waals surface area contributed by atoms with Crippen LogP contribution >= 0.6 is 7.92 Å². The molecule has 1 rings (SSSR count). The Morgan fingerprint density at radius 1 is 1.00 bits per heavy atom. The van der Waals surface area contributed by atoms with Gasteiger partial charge in [0.05, 0.1) is 5.69 Å². The SMILES string of the molecule is CCN(CC)Cc1cccc(CP(C(C)(C)C)C(C)(C)C)n1.[C-]#[O+].[Cl-].[H-].[Ru+2]. The fourth-order valence-electron chi connectivity index (χ4n) is 3.02. The van der Waals surface area contributed by atoms with Gasteiger partial charge in [0.2, 0.25) is 0 Å². The van der Waals surface area contributed by atoms with Crippen molar-refractivity contribution in [3.8, 4) is 0 Å². The molecular formula is C20H36ClN2OPRu. The van der Waals surface area contributed by atoms with Crippen LogP contribution in [0.5, 0.6) is 0 Å². The summed E-state index contributed by atoms with van der Waals surface area (Å²) < 4.78 is 7.50. The Balaban J connectivity index is -0.000000511. The van der Waals surface area contributed by atoms with Crippen LogP contribution in [0.1, 0.15) is 68.2 Å². The Labute approximate surface area is 183 Å². The first-order valence-corrected chi connectivity index (χ1v) is 10.3. The maximum atomic E-state index is 7.50. The van der Waals surface area contributed by atoms with Crippen LogP contribution < -0.4 is 12.4 Å². The third kappa shape index (κ3) is 11.1. The van der Waals surface area contributed by atoms with Crippen molar-refractivity contribution >= 4 is 7.92 Å². The minimum Gasteiger partial charge on any atom is -1.00 e. The van der Waals surface area contributed by atoms with Gasteiger partial charge in [0.25, 0.3) is 0 Å². The van der Waals surface area contributed by atoms with E-state index in [0.717, 1.165) is 25.8 Å². The molecule has 0 amide bonds. The number of pyridine rings is 1. The van der Waals surface area contributed by atoms with E-state index in [9.17, 15) is 0 Å². The first kappa shape index (κ1) is 30.9. The predicted octanol–water partition coefficient (Wildman–Crippen LogP) is 2.58. The summed E-state index contributed by atoms with van der Waals surface area (Å²) >= 11 is 0. The molecular weight excluding hydrogens is 452 g/mol. The number of halogens is 1. The van der Waals surface area contributed by atoms with Crippen LogP contribution in [0.2, 0.25) is 0 Å². The molecule has 0 aromatic carbocycles. The molecule has 26 heavy (non-hydrogen) atoms. The molecule has 6 heteroatoms. The van der Waals surface area contributed by atoms with Gasteiger partial charge in [0, 0.05) is 18.4 Å². The van der Waals surface area contributed by atoms with Gasteiger partial charge >= 0.3 is 30.8 Å². The van der Waals surface area contributed by atoms with Gasteiger partial charge < -0.3 is 13.8 Å². The Morgan fingerprint density at radius 2 is 1.42 bits per heavy atom. The van der Waals surface area contributed by atoms with E-state index in [4.69, 9.17) is 9.64 Å². The van der Waals surface area contributed by atoms with Gasteiger partial charge in [-0.1, -0.05) is 69.4 Å². The van der Waals surface area contributed by atoms with Gasteiger partial charge in [0.15, 0.2) is 0 Å². The smallest absolute Gasteiger partial charge is 1.00 e. The van der Waals surface area contributed by atoms with Crippen LogP contribution in [-0.2, 0) is 36.8 Å². The van der Waals surface area contributed by atoms with Crippen molar-refractivity contribution in [3.05, 3.63) is 36.2 Å². The summed E-state index contributed by atoms with van der Waals surface area (Å²) in [5.41, 5.74) is 2.47. The van der Waals surface area contributed by atoms with Crippen molar-refractivity contribution in [3.63, 3.8) is 0 Å². The first-order chi connectivity index (χ1) is 11.1. The average molecular weight is 488 g/mol. The number of aromatic nitrogens is 1. The van der Waals surface area contributed by atoms with Crippen LogP contribution in [0.15, 0.2) is 18.2 Å². The molecule has 0 aliphatic rings. The van der Waals surface area contributed by atoms with Crippen molar-refractivity contribution in [2.45, 2.75) is 78.4 Å². The van der Waals surface area contributed by atoms with Crippen LogP contribution in [0.25, 0.3) is 0 Å². The summed E-state index contributed by atoms with van der Waals surface area (Å²) in [4.78, 5) is 7.37. The normalized spacial score (nSPS) is 11.2. The molecule has 0 unspecified atom stereocenters. The number of hydrogen-bond acceptors (Lipinski definition) is 2. The summed E-state index contributed by atoms with van der Waals surface area (Å²) in [5.74, 6) is 0. The summed E-state index contributed by atoms with van der Waals surface area (Å²) in [7, 11) is -0.135. The van der Waals surface area contributed by atoms with E-state index in [0.29, 0.717) is 10.3 Å². The molecule has 0 radical (unpaired) electrons. The molecule has 0 fully saturated rings. The van der Waals surface area contributed by atoms with Gasteiger partial charge in [-0.25, -0.2) is 0 Å². The molecule has 0 spiro atoms. The minimum atomic E-state index is -0.135. The fourth-order valence-corrected chi connectivity index (χ4v) is 6.49. The van der Waals surface area contributed by atoms with E-state index in [1.54, 1.807) is 0 Å². The third-order valence-corrected chi connectivity index (χ3v) is 7.96.